The fourth-order valence-corrected chi connectivity index (χ4v) is 2.08. The highest BCUT2D eigenvalue weighted by Gasteiger charge is 2.29. The average Bonchev–Trinajstić information content (AvgIpc) is 2.38. The monoisotopic (exact) mass is 235 g/mol. The van der Waals surface area contributed by atoms with Crippen molar-refractivity contribution in [3.8, 4) is 5.75 Å². The Labute approximate surface area is 103 Å². The largest absolute Gasteiger partial charge is 0.491 e. The molecule has 0 atom stereocenters. The minimum Gasteiger partial charge on any atom is -0.491 e. The number of aliphatic hydroxyl groups is 1. The molecular formula is C14H21NO2. The first-order valence-electron chi connectivity index (χ1n) is 6.37. The van der Waals surface area contributed by atoms with Crippen molar-refractivity contribution in [1.29, 1.82) is 0 Å². The van der Waals surface area contributed by atoms with Crippen LogP contribution in [0.1, 0.15) is 25.3 Å². The van der Waals surface area contributed by atoms with Crippen molar-refractivity contribution in [2.75, 3.05) is 19.7 Å². The highest BCUT2D eigenvalue weighted by atomic mass is 16.5. The number of rotatable bonds is 4. The van der Waals surface area contributed by atoms with Gasteiger partial charge < -0.3 is 15.2 Å². The Bertz CT molecular complexity index is 342. The van der Waals surface area contributed by atoms with Gasteiger partial charge in [-0.15, -0.1) is 0 Å². The molecule has 0 spiro atoms. The zero-order chi connectivity index (χ0) is 12.1. The summed E-state index contributed by atoms with van der Waals surface area (Å²) in [4.78, 5) is 0. The molecule has 1 aromatic carbocycles. The normalized spacial score (nSPS) is 18.9. The van der Waals surface area contributed by atoms with E-state index < -0.39 is 5.60 Å². The summed E-state index contributed by atoms with van der Waals surface area (Å²) in [6.07, 6.45) is 2.57. The smallest absolute Gasteiger partial charge is 0.119 e. The number of hydrogen-bond acceptors (Lipinski definition) is 3. The lowest BCUT2D eigenvalue weighted by Gasteiger charge is -2.32. The molecule has 1 aromatic rings. The topological polar surface area (TPSA) is 41.5 Å². The summed E-state index contributed by atoms with van der Waals surface area (Å²) in [6, 6.07) is 8.09. The minimum atomic E-state index is -0.658. The Kier molecular flexibility index (Phi) is 4.02. The third kappa shape index (κ3) is 3.45. The molecule has 2 rings (SSSR count). The Morgan fingerprint density at radius 2 is 1.88 bits per heavy atom. The van der Waals surface area contributed by atoms with Crippen molar-refractivity contribution < 1.29 is 9.84 Å². The van der Waals surface area contributed by atoms with Crippen LogP contribution < -0.4 is 10.1 Å². The van der Waals surface area contributed by atoms with Crippen molar-refractivity contribution >= 4 is 0 Å². The van der Waals surface area contributed by atoms with E-state index in [1.54, 1.807) is 0 Å². The zero-order valence-corrected chi connectivity index (χ0v) is 10.4. The van der Waals surface area contributed by atoms with Gasteiger partial charge >= 0.3 is 0 Å². The van der Waals surface area contributed by atoms with Gasteiger partial charge in [0.1, 0.15) is 18.0 Å². The molecule has 94 valence electrons. The average molecular weight is 235 g/mol. The van der Waals surface area contributed by atoms with Crippen molar-refractivity contribution in [2.24, 2.45) is 0 Å². The lowest BCUT2D eigenvalue weighted by Crippen LogP contribution is -2.45. The summed E-state index contributed by atoms with van der Waals surface area (Å²) >= 11 is 0. The molecule has 0 bridgehead atoms. The minimum absolute atomic E-state index is 0.389. The summed E-state index contributed by atoms with van der Waals surface area (Å²) in [5.41, 5.74) is 0.646. The summed E-state index contributed by atoms with van der Waals surface area (Å²) < 4.78 is 5.67. The number of aryl methyl sites for hydroxylation is 1. The van der Waals surface area contributed by atoms with E-state index in [0.29, 0.717) is 6.61 Å². The van der Waals surface area contributed by atoms with Crippen LogP contribution in [0, 0.1) is 0 Å². The second-order valence-electron chi connectivity index (χ2n) is 4.76. The maximum atomic E-state index is 10.3. The van der Waals surface area contributed by atoms with Crippen molar-refractivity contribution in [3.63, 3.8) is 0 Å². The van der Waals surface area contributed by atoms with E-state index in [2.05, 4.69) is 24.4 Å². The molecule has 1 fully saturated rings. The molecule has 3 nitrogen and oxygen atoms in total. The summed E-state index contributed by atoms with van der Waals surface area (Å²) in [5, 5.41) is 13.5. The van der Waals surface area contributed by atoms with Gasteiger partial charge in [-0.3, -0.25) is 0 Å². The SMILES string of the molecule is CCc1ccc(OCC2(O)CCNCC2)cc1. The summed E-state index contributed by atoms with van der Waals surface area (Å²) in [7, 11) is 0. The third-order valence-corrected chi connectivity index (χ3v) is 3.37. The van der Waals surface area contributed by atoms with Crippen LogP contribution in [0.5, 0.6) is 5.75 Å². The van der Waals surface area contributed by atoms with Gasteiger partial charge in [-0.05, 0) is 50.0 Å². The molecule has 1 aliphatic heterocycles. The molecule has 0 aromatic heterocycles. The Hall–Kier alpha value is -1.06. The molecule has 1 aliphatic rings. The molecular weight excluding hydrogens is 214 g/mol. The van der Waals surface area contributed by atoms with Crippen LogP contribution in [0.2, 0.25) is 0 Å². The van der Waals surface area contributed by atoms with E-state index in [1.165, 1.54) is 5.56 Å². The first-order chi connectivity index (χ1) is 8.22. The molecule has 2 N–H and O–H groups in total. The Balaban J connectivity index is 1.87. The maximum absolute atomic E-state index is 10.3. The number of hydrogen-bond donors (Lipinski definition) is 2. The molecule has 17 heavy (non-hydrogen) atoms. The lowest BCUT2D eigenvalue weighted by molar-refractivity contribution is -0.0286. The van der Waals surface area contributed by atoms with Crippen LogP contribution in [-0.4, -0.2) is 30.4 Å². The van der Waals surface area contributed by atoms with Crippen molar-refractivity contribution in [1.82, 2.24) is 5.32 Å². The number of benzene rings is 1. The molecule has 1 heterocycles. The predicted molar refractivity (Wildman–Crippen MR) is 68.4 cm³/mol. The first kappa shape index (κ1) is 12.4. The van der Waals surface area contributed by atoms with E-state index in [1.807, 2.05) is 12.1 Å². The van der Waals surface area contributed by atoms with Gasteiger partial charge in [0.2, 0.25) is 0 Å². The van der Waals surface area contributed by atoms with Gasteiger partial charge in [0, 0.05) is 0 Å². The van der Waals surface area contributed by atoms with E-state index in [9.17, 15) is 5.11 Å². The van der Waals surface area contributed by atoms with Crippen molar-refractivity contribution in [2.45, 2.75) is 31.8 Å². The van der Waals surface area contributed by atoms with E-state index in [0.717, 1.165) is 38.1 Å². The van der Waals surface area contributed by atoms with Gasteiger partial charge in [0.15, 0.2) is 0 Å². The number of nitrogens with one attached hydrogen (secondary N) is 1. The van der Waals surface area contributed by atoms with Gasteiger partial charge in [-0.2, -0.15) is 0 Å². The second-order valence-corrected chi connectivity index (χ2v) is 4.76. The molecule has 3 heteroatoms. The molecule has 0 unspecified atom stereocenters. The van der Waals surface area contributed by atoms with Gasteiger partial charge in [-0.25, -0.2) is 0 Å². The van der Waals surface area contributed by atoms with Gasteiger partial charge in [-0.1, -0.05) is 19.1 Å². The quantitative estimate of drug-likeness (QED) is 0.835. The van der Waals surface area contributed by atoms with Crippen LogP contribution in [0.25, 0.3) is 0 Å². The van der Waals surface area contributed by atoms with Crippen LogP contribution in [-0.2, 0) is 6.42 Å². The highest BCUT2D eigenvalue weighted by molar-refractivity contribution is 5.27. The lowest BCUT2D eigenvalue weighted by atomic mass is 9.93. The molecule has 0 aliphatic carbocycles. The highest BCUT2D eigenvalue weighted by Crippen LogP contribution is 2.20. The maximum Gasteiger partial charge on any atom is 0.119 e. The Morgan fingerprint density at radius 1 is 1.24 bits per heavy atom. The molecule has 0 radical (unpaired) electrons. The van der Waals surface area contributed by atoms with Crippen molar-refractivity contribution in [3.05, 3.63) is 29.8 Å². The molecule has 0 amide bonds. The van der Waals surface area contributed by atoms with E-state index in [4.69, 9.17) is 4.74 Å². The fourth-order valence-electron chi connectivity index (χ4n) is 2.08. The third-order valence-electron chi connectivity index (χ3n) is 3.37. The Morgan fingerprint density at radius 3 is 2.47 bits per heavy atom. The number of piperidine rings is 1. The molecule has 1 saturated heterocycles. The zero-order valence-electron chi connectivity index (χ0n) is 10.4. The number of ether oxygens (including phenoxy) is 1. The summed E-state index contributed by atoms with van der Waals surface area (Å²) in [5.74, 6) is 0.842. The van der Waals surface area contributed by atoms with Crippen LogP contribution in [0.3, 0.4) is 0 Å². The summed E-state index contributed by atoms with van der Waals surface area (Å²) in [6.45, 7) is 4.26. The van der Waals surface area contributed by atoms with E-state index >= 15 is 0 Å². The predicted octanol–water partition coefficient (Wildman–Crippen LogP) is 1.74. The second kappa shape index (κ2) is 5.52. The van der Waals surface area contributed by atoms with E-state index in [-0.39, 0.29) is 0 Å². The molecule has 0 saturated carbocycles. The van der Waals surface area contributed by atoms with Gasteiger partial charge in [0.25, 0.3) is 0 Å². The standard InChI is InChI=1S/C14H21NO2/c1-2-12-3-5-13(6-4-12)17-11-14(16)7-9-15-10-8-14/h3-6,15-16H,2,7-11H2,1H3. The van der Waals surface area contributed by atoms with Crippen LogP contribution in [0.15, 0.2) is 24.3 Å². The fraction of sp³-hybridized carbons (Fsp3) is 0.571. The first-order valence-corrected chi connectivity index (χ1v) is 6.37. The van der Waals surface area contributed by atoms with Crippen LogP contribution in [0.4, 0.5) is 0 Å². The van der Waals surface area contributed by atoms with Crippen LogP contribution >= 0.6 is 0 Å². The van der Waals surface area contributed by atoms with Gasteiger partial charge in [0.05, 0.1) is 0 Å².